The maximum atomic E-state index is 12.5. The monoisotopic (exact) mass is 340 g/mol. The summed E-state index contributed by atoms with van der Waals surface area (Å²) in [6, 6.07) is 19.9. The number of benzene rings is 2. The Hall–Kier alpha value is -2.20. The number of carbonyl (C=O) groups excluding carboxylic acids is 1. The Kier molecular flexibility index (Phi) is 5.09. The number of carboxylic acid groups (broad SMARTS) is 1. The van der Waals surface area contributed by atoms with Crippen molar-refractivity contribution in [2.75, 3.05) is 0 Å². The summed E-state index contributed by atoms with van der Waals surface area (Å²) in [5, 5.41) is 11.3. The Labute approximate surface area is 144 Å². The van der Waals surface area contributed by atoms with Gasteiger partial charge in [0.05, 0.1) is 0 Å². The summed E-state index contributed by atoms with van der Waals surface area (Å²) >= 11 is 0. The first-order valence-electron chi connectivity index (χ1n) is 8.11. The third-order valence-electron chi connectivity index (χ3n) is 4.89. The molecule has 0 radical (unpaired) electrons. The minimum Gasteiger partial charge on any atom is -0.476 e. The van der Waals surface area contributed by atoms with Crippen molar-refractivity contribution in [3.63, 3.8) is 0 Å². The van der Waals surface area contributed by atoms with E-state index in [-0.39, 0.29) is 5.04 Å². The van der Waals surface area contributed by atoms with Gasteiger partial charge < -0.3 is 5.11 Å². The average Bonchev–Trinajstić information content (AvgIpc) is 2.55. The van der Waals surface area contributed by atoms with Gasteiger partial charge in [0.2, 0.25) is 5.78 Å². The molecule has 0 fully saturated rings. The molecule has 0 aliphatic heterocycles. The Morgan fingerprint density at radius 1 is 0.875 bits per heavy atom. The second-order valence-electron chi connectivity index (χ2n) is 7.18. The summed E-state index contributed by atoms with van der Waals surface area (Å²) in [4.78, 5) is 24.0. The second kappa shape index (κ2) is 6.73. The molecular formula is C20H24O3Si. The molecule has 0 saturated carbocycles. The summed E-state index contributed by atoms with van der Waals surface area (Å²) in [6.07, 6.45) is 0. The molecule has 1 atom stereocenters. The third-order valence-corrected chi connectivity index (χ3v) is 11.3. The van der Waals surface area contributed by atoms with Gasteiger partial charge in [-0.15, -0.1) is 0 Å². The van der Waals surface area contributed by atoms with Crippen LogP contribution in [0.25, 0.3) is 0 Å². The van der Waals surface area contributed by atoms with Crippen LogP contribution in [0.3, 0.4) is 0 Å². The first-order chi connectivity index (χ1) is 11.2. The first kappa shape index (κ1) is 18.1. The van der Waals surface area contributed by atoms with Crippen LogP contribution in [0.15, 0.2) is 60.7 Å². The molecule has 0 heterocycles. The lowest BCUT2D eigenvalue weighted by Gasteiger charge is -2.47. The minimum absolute atomic E-state index is 0.236. The lowest BCUT2D eigenvalue weighted by atomic mass is 10.2. The number of aliphatic carboxylic acids is 1. The van der Waals surface area contributed by atoms with Gasteiger partial charge in [-0.3, -0.25) is 4.79 Å². The van der Waals surface area contributed by atoms with Gasteiger partial charge in [0.25, 0.3) is 0 Å². The van der Waals surface area contributed by atoms with Crippen molar-refractivity contribution >= 4 is 30.2 Å². The number of Topliss-reactive ketones (excluding diaryl/α,β-unsaturated/α-hetero) is 1. The Bertz CT molecular complexity index is 678. The molecule has 0 aliphatic carbocycles. The molecule has 3 nitrogen and oxygen atoms in total. The Morgan fingerprint density at radius 2 is 1.25 bits per heavy atom. The lowest BCUT2D eigenvalue weighted by Crippen LogP contribution is -2.68. The largest absolute Gasteiger partial charge is 0.476 e. The van der Waals surface area contributed by atoms with Gasteiger partial charge in [0, 0.05) is 5.54 Å². The summed E-state index contributed by atoms with van der Waals surface area (Å²) in [5.74, 6) is -2.06. The molecule has 0 unspecified atom stereocenters. The fraction of sp³-hybridized carbons (Fsp3) is 0.300. The topological polar surface area (TPSA) is 54.4 Å². The maximum Gasteiger partial charge on any atom is 0.372 e. The van der Waals surface area contributed by atoms with Crippen LogP contribution in [0.4, 0.5) is 0 Å². The van der Waals surface area contributed by atoms with Crippen LogP contribution in [0, 0.1) is 0 Å². The molecule has 2 aromatic carbocycles. The smallest absolute Gasteiger partial charge is 0.372 e. The number of carbonyl (C=O) groups is 2. The van der Waals surface area contributed by atoms with Gasteiger partial charge in [-0.25, -0.2) is 4.79 Å². The van der Waals surface area contributed by atoms with Crippen LogP contribution in [0.2, 0.25) is 10.6 Å². The van der Waals surface area contributed by atoms with E-state index in [9.17, 15) is 14.7 Å². The highest BCUT2D eigenvalue weighted by Crippen LogP contribution is 2.43. The van der Waals surface area contributed by atoms with Crippen molar-refractivity contribution in [2.24, 2.45) is 0 Å². The van der Waals surface area contributed by atoms with Gasteiger partial charge in [-0.05, 0) is 5.04 Å². The number of carboxylic acids is 1. The molecule has 2 rings (SSSR count). The van der Waals surface area contributed by atoms with Crippen molar-refractivity contribution in [1.29, 1.82) is 0 Å². The van der Waals surface area contributed by atoms with Crippen molar-refractivity contribution < 1.29 is 14.7 Å². The van der Waals surface area contributed by atoms with E-state index in [4.69, 9.17) is 0 Å². The van der Waals surface area contributed by atoms with E-state index in [1.807, 2.05) is 60.7 Å². The molecule has 2 aromatic rings. The van der Waals surface area contributed by atoms with Gasteiger partial charge in [0.15, 0.2) is 0 Å². The van der Waals surface area contributed by atoms with Gasteiger partial charge in [-0.1, -0.05) is 98.7 Å². The quantitative estimate of drug-likeness (QED) is 0.672. The molecule has 0 bridgehead atoms. The summed E-state index contributed by atoms with van der Waals surface area (Å²) in [6.45, 7) is 8.13. The molecule has 0 aliphatic rings. The van der Waals surface area contributed by atoms with E-state index in [1.54, 1.807) is 6.92 Å². The van der Waals surface area contributed by atoms with Gasteiger partial charge in [-0.2, -0.15) is 0 Å². The van der Waals surface area contributed by atoms with Crippen LogP contribution in [0.1, 0.15) is 27.7 Å². The average molecular weight is 340 g/mol. The number of rotatable bonds is 5. The predicted octanol–water partition coefficient (Wildman–Crippen LogP) is 3.09. The highest BCUT2D eigenvalue weighted by Gasteiger charge is 2.54. The van der Waals surface area contributed by atoms with Gasteiger partial charge in [0.1, 0.15) is 8.07 Å². The predicted molar refractivity (Wildman–Crippen MR) is 99.7 cm³/mol. The molecule has 0 amide bonds. The van der Waals surface area contributed by atoms with Crippen LogP contribution in [-0.2, 0) is 9.59 Å². The fourth-order valence-electron chi connectivity index (χ4n) is 3.97. The van der Waals surface area contributed by atoms with E-state index < -0.39 is 25.4 Å². The maximum absolute atomic E-state index is 12.5. The standard InChI is InChI=1S/C20H24O3Si/c1-15(18(21)19(22)23)24(20(2,3)4,16-11-7-5-8-12-16)17-13-9-6-10-14-17/h5-15H,1-4H3,(H,22,23)/t15-/m1/s1. The number of hydrogen-bond donors (Lipinski definition) is 1. The molecule has 4 heteroatoms. The minimum atomic E-state index is -2.71. The van der Waals surface area contributed by atoms with Crippen LogP contribution in [0.5, 0.6) is 0 Å². The molecule has 0 aromatic heterocycles. The van der Waals surface area contributed by atoms with Crippen LogP contribution < -0.4 is 10.4 Å². The highest BCUT2D eigenvalue weighted by atomic mass is 28.3. The van der Waals surface area contributed by atoms with Crippen LogP contribution in [-0.4, -0.2) is 24.9 Å². The summed E-state index contributed by atoms with van der Waals surface area (Å²) in [7, 11) is -2.71. The lowest BCUT2D eigenvalue weighted by molar-refractivity contribution is -0.148. The molecule has 24 heavy (non-hydrogen) atoms. The third kappa shape index (κ3) is 2.94. The highest BCUT2D eigenvalue weighted by molar-refractivity contribution is 7.07. The normalized spacial score (nSPS) is 13.3. The van der Waals surface area contributed by atoms with Crippen molar-refractivity contribution in [3.8, 4) is 0 Å². The van der Waals surface area contributed by atoms with E-state index in [0.717, 1.165) is 10.4 Å². The zero-order valence-corrected chi connectivity index (χ0v) is 15.6. The van der Waals surface area contributed by atoms with Crippen molar-refractivity contribution in [3.05, 3.63) is 60.7 Å². The zero-order valence-electron chi connectivity index (χ0n) is 14.6. The fourth-order valence-corrected chi connectivity index (χ4v) is 10.3. The van der Waals surface area contributed by atoms with Crippen molar-refractivity contribution in [2.45, 2.75) is 38.3 Å². The zero-order chi connectivity index (χ0) is 18.0. The Morgan fingerprint density at radius 3 is 1.54 bits per heavy atom. The molecular weight excluding hydrogens is 316 g/mol. The number of ketones is 1. The Balaban J connectivity index is 2.85. The second-order valence-corrected chi connectivity index (χ2v) is 12.3. The van der Waals surface area contributed by atoms with Gasteiger partial charge >= 0.3 is 5.97 Å². The molecule has 0 saturated heterocycles. The molecule has 126 valence electrons. The first-order valence-corrected chi connectivity index (χ1v) is 10.2. The number of hydrogen-bond acceptors (Lipinski definition) is 2. The van der Waals surface area contributed by atoms with E-state index in [1.165, 1.54) is 0 Å². The van der Waals surface area contributed by atoms with Crippen molar-refractivity contribution in [1.82, 2.24) is 0 Å². The van der Waals surface area contributed by atoms with E-state index in [0.29, 0.717) is 0 Å². The van der Waals surface area contributed by atoms with E-state index >= 15 is 0 Å². The van der Waals surface area contributed by atoms with E-state index in [2.05, 4.69) is 20.8 Å². The summed E-state index contributed by atoms with van der Waals surface area (Å²) < 4.78 is 0. The summed E-state index contributed by atoms with van der Waals surface area (Å²) in [5.41, 5.74) is -0.570. The van der Waals surface area contributed by atoms with Crippen LogP contribution >= 0.6 is 0 Å². The molecule has 1 N–H and O–H groups in total. The molecule has 0 spiro atoms. The SMILES string of the molecule is C[C@H](C(=O)C(=O)O)[Si](c1ccccc1)(c1ccccc1)C(C)(C)C.